The Bertz CT molecular complexity index is 680. The van der Waals surface area contributed by atoms with Gasteiger partial charge in [0, 0.05) is 12.1 Å². The lowest BCUT2D eigenvalue weighted by molar-refractivity contribution is 0.183. The fourth-order valence-electron chi connectivity index (χ4n) is 3.06. The lowest BCUT2D eigenvalue weighted by Crippen LogP contribution is -2.33. The molecule has 0 spiro atoms. The predicted octanol–water partition coefficient (Wildman–Crippen LogP) is 3.81. The normalized spacial score (nSPS) is 15.6. The zero-order valence-corrected chi connectivity index (χ0v) is 15.0. The number of piperidine rings is 1. The van der Waals surface area contributed by atoms with Crippen molar-refractivity contribution in [1.29, 1.82) is 0 Å². The molecule has 1 N–H and O–H groups in total. The van der Waals surface area contributed by atoms with E-state index in [0.717, 1.165) is 17.9 Å². The van der Waals surface area contributed by atoms with E-state index in [0.29, 0.717) is 18.1 Å². The van der Waals surface area contributed by atoms with E-state index in [2.05, 4.69) is 10.1 Å². The Labute approximate surface area is 154 Å². The third-order valence-electron chi connectivity index (χ3n) is 4.55. The van der Waals surface area contributed by atoms with E-state index in [4.69, 9.17) is 9.47 Å². The number of oxime groups is 1. The molecule has 0 saturated carbocycles. The van der Waals surface area contributed by atoms with Crippen LogP contribution in [0.2, 0.25) is 0 Å². The second-order valence-electron chi connectivity index (χ2n) is 6.42. The first-order valence-corrected chi connectivity index (χ1v) is 9.19. The molecule has 0 atom stereocenters. The van der Waals surface area contributed by atoms with Crippen LogP contribution >= 0.6 is 0 Å². The first-order chi connectivity index (χ1) is 12.8. The van der Waals surface area contributed by atoms with Gasteiger partial charge in [0.25, 0.3) is 0 Å². The van der Waals surface area contributed by atoms with E-state index in [9.17, 15) is 5.21 Å². The molecule has 5 heteroatoms. The molecule has 26 heavy (non-hydrogen) atoms. The number of rotatable bonds is 8. The van der Waals surface area contributed by atoms with E-state index < -0.39 is 0 Å². The minimum Gasteiger partial charge on any atom is -0.492 e. The predicted molar refractivity (Wildman–Crippen MR) is 102 cm³/mol. The van der Waals surface area contributed by atoms with Crippen LogP contribution in [0.15, 0.2) is 59.8 Å². The molecule has 0 unspecified atom stereocenters. The van der Waals surface area contributed by atoms with Crippen LogP contribution in [0.5, 0.6) is 11.5 Å². The SMILES string of the molecule is ON=C(COc1ccc(OCCN2CCCCC2)cc1)c1ccccc1. The van der Waals surface area contributed by atoms with Crippen molar-refractivity contribution < 1.29 is 14.7 Å². The summed E-state index contributed by atoms with van der Waals surface area (Å²) in [5.41, 5.74) is 1.33. The molecule has 0 aromatic heterocycles. The fraction of sp³-hybridized carbons (Fsp3) is 0.381. The fourth-order valence-corrected chi connectivity index (χ4v) is 3.06. The van der Waals surface area contributed by atoms with Gasteiger partial charge in [-0.2, -0.15) is 0 Å². The Balaban J connectivity index is 1.43. The summed E-state index contributed by atoms with van der Waals surface area (Å²) in [5, 5.41) is 12.5. The van der Waals surface area contributed by atoms with Gasteiger partial charge < -0.3 is 14.7 Å². The standard InChI is InChI=1S/C21H26N2O3/c24-22-21(18-7-3-1-4-8-18)17-26-20-11-9-19(10-12-20)25-16-15-23-13-5-2-6-14-23/h1,3-4,7-12,24H,2,5-6,13-17H2. The van der Waals surface area contributed by atoms with Gasteiger partial charge in [-0.1, -0.05) is 41.9 Å². The van der Waals surface area contributed by atoms with Crippen LogP contribution in [0, 0.1) is 0 Å². The van der Waals surface area contributed by atoms with Gasteiger partial charge in [-0.3, -0.25) is 4.90 Å². The topological polar surface area (TPSA) is 54.3 Å². The second kappa shape index (κ2) is 9.82. The summed E-state index contributed by atoms with van der Waals surface area (Å²) in [6, 6.07) is 17.0. The number of ether oxygens (including phenoxy) is 2. The Morgan fingerprint density at radius 3 is 2.19 bits per heavy atom. The quantitative estimate of drug-likeness (QED) is 0.445. The van der Waals surface area contributed by atoms with Crippen LogP contribution in [0.1, 0.15) is 24.8 Å². The highest BCUT2D eigenvalue weighted by Gasteiger charge is 2.09. The molecule has 1 aliphatic rings. The largest absolute Gasteiger partial charge is 0.492 e. The second-order valence-corrected chi connectivity index (χ2v) is 6.42. The zero-order chi connectivity index (χ0) is 18.0. The minimum atomic E-state index is 0.204. The van der Waals surface area contributed by atoms with Crippen LogP contribution in [-0.4, -0.2) is 48.7 Å². The molecule has 0 bridgehead atoms. The number of benzene rings is 2. The van der Waals surface area contributed by atoms with Crippen molar-refractivity contribution >= 4 is 5.71 Å². The molecule has 3 rings (SSSR count). The number of likely N-dealkylation sites (tertiary alicyclic amines) is 1. The molecule has 2 aromatic carbocycles. The maximum Gasteiger partial charge on any atom is 0.134 e. The monoisotopic (exact) mass is 354 g/mol. The Morgan fingerprint density at radius 1 is 0.885 bits per heavy atom. The lowest BCUT2D eigenvalue weighted by Gasteiger charge is -2.26. The van der Waals surface area contributed by atoms with Gasteiger partial charge in [-0.25, -0.2) is 0 Å². The summed E-state index contributed by atoms with van der Waals surface area (Å²) >= 11 is 0. The molecule has 0 radical (unpaired) electrons. The summed E-state index contributed by atoms with van der Waals surface area (Å²) in [5.74, 6) is 1.55. The van der Waals surface area contributed by atoms with Crippen molar-refractivity contribution in [2.75, 3.05) is 32.8 Å². The molecular weight excluding hydrogens is 328 g/mol. The maximum absolute atomic E-state index is 9.19. The summed E-state index contributed by atoms with van der Waals surface area (Å²) in [6.07, 6.45) is 3.95. The van der Waals surface area contributed by atoms with E-state index in [1.807, 2.05) is 54.6 Å². The Hall–Kier alpha value is -2.53. The van der Waals surface area contributed by atoms with Gasteiger partial charge in [0.05, 0.1) is 0 Å². The van der Waals surface area contributed by atoms with E-state index >= 15 is 0 Å². The number of hydrogen-bond acceptors (Lipinski definition) is 5. The average Bonchev–Trinajstić information content (AvgIpc) is 2.71. The van der Waals surface area contributed by atoms with Crippen molar-refractivity contribution in [2.24, 2.45) is 5.16 Å². The molecular formula is C21H26N2O3. The van der Waals surface area contributed by atoms with Crippen molar-refractivity contribution in [1.82, 2.24) is 4.90 Å². The minimum absolute atomic E-state index is 0.204. The third-order valence-corrected chi connectivity index (χ3v) is 4.55. The van der Waals surface area contributed by atoms with Crippen LogP contribution < -0.4 is 9.47 Å². The molecule has 5 nitrogen and oxygen atoms in total. The average molecular weight is 354 g/mol. The summed E-state index contributed by atoms with van der Waals surface area (Å²) < 4.78 is 11.5. The Morgan fingerprint density at radius 2 is 1.54 bits per heavy atom. The molecule has 1 heterocycles. The number of hydrogen-bond donors (Lipinski definition) is 1. The van der Waals surface area contributed by atoms with Crippen molar-refractivity contribution in [3.63, 3.8) is 0 Å². The lowest BCUT2D eigenvalue weighted by atomic mass is 10.1. The van der Waals surface area contributed by atoms with Gasteiger partial charge in [0.2, 0.25) is 0 Å². The maximum atomic E-state index is 9.19. The van der Waals surface area contributed by atoms with Crippen LogP contribution in [0.25, 0.3) is 0 Å². The number of nitrogens with zero attached hydrogens (tertiary/aromatic N) is 2. The molecule has 1 aliphatic heterocycles. The highest BCUT2D eigenvalue weighted by molar-refractivity contribution is 6.01. The van der Waals surface area contributed by atoms with E-state index in [1.165, 1.54) is 32.4 Å². The van der Waals surface area contributed by atoms with Crippen molar-refractivity contribution in [3.05, 3.63) is 60.2 Å². The molecule has 1 saturated heterocycles. The van der Waals surface area contributed by atoms with Crippen LogP contribution in [-0.2, 0) is 0 Å². The molecule has 0 amide bonds. The molecule has 2 aromatic rings. The van der Waals surface area contributed by atoms with Crippen LogP contribution in [0.3, 0.4) is 0 Å². The highest BCUT2D eigenvalue weighted by atomic mass is 16.5. The Kier molecular flexibility index (Phi) is 6.90. The van der Waals surface area contributed by atoms with Gasteiger partial charge >= 0.3 is 0 Å². The first-order valence-electron chi connectivity index (χ1n) is 9.19. The zero-order valence-electron chi connectivity index (χ0n) is 15.0. The van der Waals surface area contributed by atoms with E-state index in [1.54, 1.807) is 0 Å². The van der Waals surface area contributed by atoms with Gasteiger partial charge in [-0.05, 0) is 50.2 Å². The summed E-state index contributed by atoms with van der Waals surface area (Å²) in [4.78, 5) is 2.46. The van der Waals surface area contributed by atoms with Gasteiger partial charge in [0.15, 0.2) is 0 Å². The molecule has 138 valence electrons. The van der Waals surface area contributed by atoms with Gasteiger partial charge in [0.1, 0.15) is 30.4 Å². The first kappa shape index (κ1) is 18.3. The molecule has 0 aliphatic carbocycles. The smallest absolute Gasteiger partial charge is 0.134 e. The van der Waals surface area contributed by atoms with Crippen molar-refractivity contribution in [3.8, 4) is 11.5 Å². The molecule has 1 fully saturated rings. The van der Waals surface area contributed by atoms with Crippen LogP contribution in [0.4, 0.5) is 0 Å². The third kappa shape index (κ3) is 5.49. The highest BCUT2D eigenvalue weighted by Crippen LogP contribution is 2.18. The summed E-state index contributed by atoms with van der Waals surface area (Å²) in [6.45, 7) is 4.26. The van der Waals surface area contributed by atoms with Crippen molar-refractivity contribution in [2.45, 2.75) is 19.3 Å². The van der Waals surface area contributed by atoms with Gasteiger partial charge in [-0.15, -0.1) is 0 Å². The van der Waals surface area contributed by atoms with E-state index in [-0.39, 0.29) is 6.61 Å². The summed E-state index contributed by atoms with van der Waals surface area (Å²) in [7, 11) is 0.